The van der Waals surface area contributed by atoms with Crippen LogP contribution >= 0.6 is 0 Å². The topological polar surface area (TPSA) is 78.6 Å². The maximum absolute atomic E-state index is 11.5. The Hall–Kier alpha value is -0.650. The molecule has 0 saturated heterocycles. The largest absolute Gasteiger partial charge is 0.396 e. The van der Waals surface area contributed by atoms with Crippen molar-refractivity contribution in [1.29, 1.82) is 0 Å². The number of likely N-dealkylation sites (N-methyl/N-ethyl adjacent to an activating group) is 1. The number of hydrazine groups is 1. The van der Waals surface area contributed by atoms with E-state index in [4.69, 9.17) is 10.9 Å². The lowest BCUT2D eigenvalue weighted by atomic mass is 10.1. The molecule has 1 atom stereocenters. The van der Waals surface area contributed by atoms with Gasteiger partial charge in [0.2, 0.25) is 0 Å². The number of hydrogen-bond donors (Lipinski definition) is 3. The van der Waals surface area contributed by atoms with Crippen LogP contribution in [0, 0.1) is 0 Å². The first-order valence-corrected chi connectivity index (χ1v) is 5.98. The summed E-state index contributed by atoms with van der Waals surface area (Å²) < 4.78 is 0. The smallest absolute Gasteiger partial charge is 0.251 e. The highest BCUT2D eigenvalue weighted by Crippen LogP contribution is 2.07. The molecule has 0 rings (SSSR count). The number of rotatable bonds is 9. The van der Waals surface area contributed by atoms with Gasteiger partial charge in [-0.2, -0.15) is 0 Å². The molecule has 0 aliphatic carbocycles. The Kier molecular flexibility index (Phi) is 9.18. The standard InChI is InChI=1S/C11H25N3O2/c1-3-7-10(11(16)13-12)14(2)8-5-4-6-9-15/h10,15H,3-9,12H2,1-2H3,(H,13,16). The van der Waals surface area contributed by atoms with Gasteiger partial charge < -0.3 is 5.11 Å². The van der Waals surface area contributed by atoms with Crippen molar-refractivity contribution in [3.8, 4) is 0 Å². The molecule has 0 aromatic rings. The molecular weight excluding hydrogens is 206 g/mol. The number of amides is 1. The summed E-state index contributed by atoms with van der Waals surface area (Å²) in [6.45, 7) is 3.15. The van der Waals surface area contributed by atoms with Crippen molar-refractivity contribution in [3.05, 3.63) is 0 Å². The number of nitrogens with zero attached hydrogens (tertiary/aromatic N) is 1. The van der Waals surface area contributed by atoms with Crippen molar-refractivity contribution in [3.63, 3.8) is 0 Å². The number of hydrogen-bond acceptors (Lipinski definition) is 4. The summed E-state index contributed by atoms with van der Waals surface area (Å²) in [6, 6.07) is -0.135. The second-order valence-corrected chi connectivity index (χ2v) is 4.08. The highest BCUT2D eigenvalue weighted by molar-refractivity contribution is 5.81. The van der Waals surface area contributed by atoms with Crippen LogP contribution in [-0.2, 0) is 4.79 Å². The van der Waals surface area contributed by atoms with Gasteiger partial charge in [-0.15, -0.1) is 0 Å². The van der Waals surface area contributed by atoms with Crippen LogP contribution in [0.2, 0.25) is 0 Å². The van der Waals surface area contributed by atoms with Crippen molar-refractivity contribution in [1.82, 2.24) is 10.3 Å². The number of aliphatic hydroxyl groups is 1. The Labute approximate surface area is 98.0 Å². The fourth-order valence-electron chi connectivity index (χ4n) is 1.73. The summed E-state index contributed by atoms with van der Waals surface area (Å²) in [7, 11) is 1.94. The van der Waals surface area contributed by atoms with E-state index in [0.29, 0.717) is 0 Å². The number of unbranched alkanes of at least 4 members (excludes halogenated alkanes) is 2. The third-order valence-corrected chi connectivity index (χ3v) is 2.71. The van der Waals surface area contributed by atoms with Crippen LogP contribution in [0.4, 0.5) is 0 Å². The Morgan fingerprint density at radius 2 is 2.12 bits per heavy atom. The van der Waals surface area contributed by atoms with Crippen molar-refractivity contribution in [2.45, 2.75) is 45.1 Å². The van der Waals surface area contributed by atoms with E-state index >= 15 is 0 Å². The maximum atomic E-state index is 11.5. The normalized spacial score (nSPS) is 12.8. The molecule has 0 aromatic heterocycles. The molecule has 0 aliphatic rings. The van der Waals surface area contributed by atoms with Gasteiger partial charge in [-0.1, -0.05) is 13.3 Å². The zero-order chi connectivity index (χ0) is 12.4. The van der Waals surface area contributed by atoms with Gasteiger partial charge in [0.15, 0.2) is 0 Å². The molecule has 0 heterocycles. The lowest BCUT2D eigenvalue weighted by Crippen LogP contribution is -2.47. The molecule has 0 aliphatic heterocycles. The molecular formula is C11H25N3O2. The summed E-state index contributed by atoms with van der Waals surface area (Å²) in [6.07, 6.45) is 4.59. The number of carbonyl (C=O) groups is 1. The summed E-state index contributed by atoms with van der Waals surface area (Å²) in [5.74, 6) is 5.04. The van der Waals surface area contributed by atoms with Crippen molar-refractivity contribution >= 4 is 5.91 Å². The van der Waals surface area contributed by atoms with E-state index in [9.17, 15) is 4.79 Å². The zero-order valence-corrected chi connectivity index (χ0v) is 10.4. The van der Waals surface area contributed by atoms with Crippen LogP contribution in [0.3, 0.4) is 0 Å². The average molecular weight is 231 g/mol. The Balaban J connectivity index is 3.96. The van der Waals surface area contributed by atoms with E-state index in [0.717, 1.165) is 38.6 Å². The van der Waals surface area contributed by atoms with Crippen LogP contribution in [0.5, 0.6) is 0 Å². The van der Waals surface area contributed by atoms with Crippen LogP contribution in [-0.4, -0.2) is 42.2 Å². The van der Waals surface area contributed by atoms with Crippen molar-refractivity contribution in [2.75, 3.05) is 20.2 Å². The minimum Gasteiger partial charge on any atom is -0.396 e. The van der Waals surface area contributed by atoms with Gasteiger partial charge in [0.05, 0.1) is 6.04 Å². The fraction of sp³-hybridized carbons (Fsp3) is 0.909. The number of nitrogens with two attached hydrogens (primary N) is 1. The first-order valence-electron chi connectivity index (χ1n) is 5.98. The molecule has 0 saturated carbocycles. The molecule has 0 spiro atoms. The third-order valence-electron chi connectivity index (χ3n) is 2.71. The maximum Gasteiger partial charge on any atom is 0.251 e. The van der Waals surface area contributed by atoms with Gasteiger partial charge in [-0.25, -0.2) is 5.84 Å². The number of aliphatic hydroxyl groups excluding tert-OH is 1. The predicted molar refractivity (Wildman–Crippen MR) is 64.6 cm³/mol. The molecule has 5 nitrogen and oxygen atoms in total. The zero-order valence-electron chi connectivity index (χ0n) is 10.4. The van der Waals surface area contributed by atoms with Crippen LogP contribution in [0.1, 0.15) is 39.0 Å². The monoisotopic (exact) mass is 231 g/mol. The minimum atomic E-state index is -0.135. The van der Waals surface area contributed by atoms with Crippen LogP contribution in [0.25, 0.3) is 0 Å². The summed E-state index contributed by atoms with van der Waals surface area (Å²) in [5.41, 5.74) is 2.21. The van der Waals surface area contributed by atoms with E-state index in [1.165, 1.54) is 0 Å². The third kappa shape index (κ3) is 6.05. The van der Waals surface area contributed by atoms with Gasteiger partial charge in [0.1, 0.15) is 0 Å². The van der Waals surface area contributed by atoms with Crippen LogP contribution < -0.4 is 11.3 Å². The Morgan fingerprint density at radius 3 is 2.62 bits per heavy atom. The van der Waals surface area contributed by atoms with E-state index in [1.54, 1.807) is 0 Å². The molecule has 96 valence electrons. The molecule has 0 radical (unpaired) electrons. The summed E-state index contributed by atoms with van der Waals surface area (Å²) in [4.78, 5) is 13.5. The molecule has 1 unspecified atom stereocenters. The van der Waals surface area contributed by atoms with Crippen LogP contribution in [0.15, 0.2) is 0 Å². The van der Waals surface area contributed by atoms with E-state index in [2.05, 4.69) is 12.3 Å². The molecule has 1 amide bonds. The quantitative estimate of drug-likeness (QED) is 0.230. The molecule has 4 N–H and O–H groups in total. The molecule has 5 heteroatoms. The first-order chi connectivity index (χ1) is 7.67. The Bertz CT molecular complexity index is 188. The molecule has 0 aromatic carbocycles. The number of nitrogens with one attached hydrogen (secondary N) is 1. The second kappa shape index (κ2) is 9.57. The van der Waals surface area contributed by atoms with E-state index in [1.807, 2.05) is 11.9 Å². The van der Waals surface area contributed by atoms with Crippen molar-refractivity contribution in [2.24, 2.45) is 5.84 Å². The van der Waals surface area contributed by atoms with Gasteiger partial charge in [-0.05, 0) is 39.3 Å². The first kappa shape index (κ1) is 15.3. The molecule has 16 heavy (non-hydrogen) atoms. The Morgan fingerprint density at radius 1 is 1.44 bits per heavy atom. The fourth-order valence-corrected chi connectivity index (χ4v) is 1.73. The lowest BCUT2D eigenvalue weighted by molar-refractivity contribution is -0.126. The highest BCUT2D eigenvalue weighted by atomic mass is 16.2. The van der Waals surface area contributed by atoms with Crippen molar-refractivity contribution < 1.29 is 9.90 Å². The molecule has 0 fully saturated rings. The average Bonchev–Trinajstić information content (AvgIpc) is 2.30. The number of carbonyl (C=O) groups excluding carboxylic acids is 1. The van der Waals surface area contributed by atoms with E-state index in [-0.39, 0.29) is 18.6 Å². The molecule has 0 bridgehead atoms. The lowest BCUT2D eigenvalue weighted by Gasteiger charge is -2.26. The van der Waals surface area contributed by atoms with Gasteiger partial charge in [-0.3, -0.25) is 15.1 Å². The van der Waals surface area contributed by atoms with Gasteiger partial charge >= 0.3 is 0 Å². The minimum absolute atomic E-state index is 0.119. The predicted octanol–water partition coefficient (Wildman–Crippen LogP) is 0.239. The SMILES string of the molecule is CCCC(C(=O)NN)N(C)CCCCCO. The summed E-state index contributed by atoms with van der Waals surface area (Å²) >= 11 is 0. The van der Waals surface area contributed by atoms with E-state index < -0.39 is 0 Å². The highest BCUT2D eigenvalue weighted by Gasteiger charge is 2.20. The second-order valence-electron chi connectivity index (χ2n) is 4.08. The van der Waals surface area contributed by atoms with Gasteiger partial charge in [0, 0.05) is 6.61 Å². The van der Waals surface area contributed by atoms with Gasteiger partial charge in [0.25, 0.3) is 5.91 Å². The summed E-state index contributed by atoms with van der Waals surface area (Å²) in [5, 5.41) is 8.66.